The molecule has 3 aromatic rings. The molecule has 2 aromatic carbocycles. The molecule has 0 spiro atoms. The third-order valence-electron chi connectivity index (χ3n) is 4.97. The van der Waals surface area contributed by atoms with Gasteiger partial charge in [0.15, 0.2) is 5.16 Å². The van der Waals surface area contributed by atoms with Crippen LogP contribution in [0.2, 0.25) is 0 Å². The van der Waals surface area contributed by atoms with Crippen LogP contribution in [0.4, 0.5) is 0 Å². The van der Waals surface area contributed by atoms with Gasteiger partial charge in [0, 0.05) is 23.4 Å². The third-order valence-corrected chi connectivity index (χ3v) is 6.07. The predicted octanol–water partition coefficient (Wildman–Crippen LogP) is 5.60. The maximum absolute atomic E-state index is 4.95. The van der Waals surface area contributed by atoms with Gasteiger partial charge in [-0.3, -0.25) is 0 Å². The van der Waals surface area contributed by atoms with Crippen LogP contribution in [0.15, 0.2) is 65.8 Å². The molecule has 1 atom stereocenters. The Hall–Kier alpha value is -1.75. The molecule has 142 valence electrons. The zero-order valence-electron chi connectivity index (χ0n) is 15.6. The summed E-state index contributed by atoms with van der Waals surface area (Å²) in [7, 11) is 2.23. The number of imidazole rings is 1. The minimum atomic E-state index is 0. The van der Waals surface area contributed by atoms with Crippen molar-refractivity contribution in [3.05, 3.63) is 60.7 Å². The van der Waals surface area contributed by atoms with E-state index in [1.54, 1.807) is 0 Å². The Morgan fingerprint density at radius 1 is 1.04 bits per heavy atom. The molecule has 0 bridgehead atoms. The highest BCUT2D eigenvalue weighted by molar-refractivity contribution is 7.99. The number of likely N-dealkylation sites (tertiary alicyclic amines) is 1. The van der Waals surface area contributed by atoms with Crippen LogP contribution in [0.5, 0.6) is 0 Å². The summed E-state index contributed by atoms with van der Waals surface area (Å²) in [4.78, 5) is 11.0. The molecule has 1 aliphatic rings. The van der Waals surface area contributed by atoms with Crippen molar-refractivity contribution < 1.29 is 0 Å². The monoisotopic (exact) mass is 399 g/mol. The first-order chi connectivity index (χ1) is 12.8. The molecule has 0 saturated carbocycles. The number of benzene rings is 2. The number of H-pyrrole nitrogens is 1. The Morgan fingerprint density at radius 2 is 1.70 bits per heavy atom. The summed E-state index contributed by atoms with van der Waals surface area (Å²) in [6.45, 7) is 2.43. The molecule has 5 heteroatoms. The largest absolute Gasteiger partial charge is 0.332 e. The van der Waals surface area contributed by atoms with Crippen LogP contribution >= 0.6 is 24.2 Å². The summed E-state index contributed by atoms with van der Waals surface area (Å²) in [6.07, 6.45) is 2.64. The molecule has 0 unspecified atom stereocenters. The second kappa shape index (κ2) is 9.45. The molecule has 0 amide bonds. The first-order valence-electron chi connectivity index (χ1n) is 9.32. The van der Waals surface area contributed by atoms with Gasteiger partial charge in [0.05, 0.1) is 11.4 Å². The summed E-state index contributed by atoms with van der Waals surface area (Å²) >= 11 is 1.86. The lowest BCUT2D eigenvalue weighted by molar-refractivity contribution is 0.224. The van der Waals surface area contributed by atoms with E-state index in [4.69, 9.17) is 4.98 Å². The lowest BCUT2D eigenvalue weighted by Gasteiger charge is -2.29. The predicted molar refractivity (Wildman–Crippen MR) is 118 cm³/mol. The molecular weight excluding hydrogens is 374 g/mol. The van der Waals surface area contributed by atoms with Gasteiger partial charge in [0.2, 0.25) is 0 Å². The van der Waals surface area contributed by atoms with E-state index < -0.39 is 0 Å². The summed E-state index contributed by atoms with van der Waals surface area (Å²) in [6, 6.07) is 21.0. The van der Waals surface area contributed by atoms with E-state index in [-0.39, 0.29) is 12.4 Å². The van der Waals surface area contributed by atoms with Crippen LogP contribution in [-0.4, -0.2) is 40.8 Å². The molecular formula is C22H26ClN3S. The summed E-state index contributed by atoms with van der Waals surface area (Å²) in [5.41, 5.74) is 4.50. The number of nitrogens with one attached hydrogen (secondary N) is 1. The minimum absolute atomic E-state index is 0. The van der Waals surface area contributed by atoms with Gasteiger partial charge in [-0.2, -0.15) is 0 Å². The van der Waals surface area contributed by atoms with Crippen LogP contribution in [0.25, 0.3) is 22.5 Å². The Balaban J connectivity index is 0.00000210. The minimum Gasteiger partial charge on any atom is -0.332 e. The highest BCUT2D eigenvalue weighted by Crippen LogP contribution is 2.33. The molecule has 1 aliphatic heterocycles. The van der Waals surface area contributed by atoms with Crippen molar-refractivity contribution in [2.24, 2.45) is 5.92 Å². The maximum Gasteiger partial charge on any atom is 0.166 e. The topological polar surface area (TPSA) is 31.9 Å². The highest BCUT2D eigenvalue weighted by atomic mass is 35.5. The quantitative estimate of drug-likeness (QED) is 0.566. The van der Waals surface area contributed by atoms with Crippen LogP contribution < -0.4 is 0 Å². The molecule has 1 aromatic heterocycles. The van der Waals surface area contributed by atoms with E-state index in [9.17, 15) is 0 Å². The number of aromatic amines is 1. The van der Waals surface area contributed by atoms with E-state index in [0.29, 0.717) is 0 Å². The molecule has 27 heavy (non-hydrogen) atoms. The standard InChI is InChI=1S/C22H25N3S.ClH/c1-25-14-8-9-17(15-25)16-26-22-23-20(18-10-4-2-5-11-18)21(24-22)19-12-6-3-7-13-19;/h2-7,10-13,17H,8-9,14-16H2,1H3,(H,23,24);1H/t17-;/m1./s1. The first-order valence-corrected chi connectivity index (χ1v) is 10.3. The van der Waals surface area contributed by atoms with Crippen molar-refractivity contribution in [1.82, 2.24) is 14.9 Å². The fraction of sp³-hybridized carbons (Fsp3) is 0.318. The first kappa shape index (κ1) is 20.0. The van der Waals surface area contributed by atoms with E-state index in [0.717, 1.165) is 33.8 Å². The van der Waals surface area contributed by atoms with Crippen molar-refractivity contribution in [2.45, 2.75) is 18.0 Å². The van der Waals surface area contributed by atoms with Crippen molar-refractivity contribution in [3.8, 4) is 22.5 Å². The fourth-order valence-corrected chi connectivity index (χ4v) is 4.64. The molecule has 4 rings (SSSR count). The molecule has 3 nitrogen and oxygen atoms in total. The average molecular weight is 400 g/mol. The van der Waals surface area contributed by atoms with Crippen LogP contribution in [0.3, 0.4) is 0 Å². The van der Waals surface area contributed by atoms with Crippen LogP contribution in [0, 0.1) is 5.92 Å². The van der Waals surface area contributed by atoms with Gasteiger partial charge >= 0.3 is 0 Å². The van der Waals surface area contributed by atoms with Crippen molar-refractivity contribution in [3.63, 3.8) is 0 Å². The molecule has 2 heterocycles. The number of thioether (sulfide) groups is 1. The van der Waals surface area contributed by atoms with Crippen LogP contribution in [0.1, 0.15) is 12.8 Å². The van der Waals surface area contributed by atoms with Gasteiger partial charge in [-0.15, -0.1) is 12.4 Å². The zero-order valence-corrected chi connectivity index (χ0v) is 17.2. The number of aromatic nitrogens is 2. The van der Waals surface area contributed by atoms with Gasteiger partial charge < -0.3 is 9.88 Å². The molecule has 0 radical (unpaired) electrons. The zero-order chi connectivity index (χ0) is 17.8. The Kier molecular flexibility index (Phi) is 7.00. The number of hydrogen-bond donors (Lipinski definition) is 1. The van der Waals surface area contributed by atoms with E-state index in [1.807, 2.05) is 17.8 Å². The Morgan fingerprint density at radius 3 is 2.37 bits per heavy atom. The number of rotatable bonds is 5. The SMILES string of the molecule is CN1CCC[C@@H](CSc2nc(-c3ccccc3)c(-c3ccccc3)[nH]2)C1.Cl. The molecule has 1 saturated heterocycles. The second-order valence-corrected chi connectivity index (χ2v) is 8.09. The lowest BCUT2D eigenvalue weighted by atomic mass is 10.0. The van der Waals surface area contributed by atoms with Gasteiger partial charge in [0.1, 0.15) is 0 Å². The van der Waals surface area contributed by atoms with E-state index in [2.05, 4.69) is 71.5 Å². The Bertz CT molecular complexity index is 778. The molecule has 0 aliphatic carbocycles. The summed E-state index contributed by atoms with van der Waals surface area (Å²) in [5, 5.41) is 1.02. The molecule has 1 fully saturated rings. The lowest BCUT2D eigenvalue weighted by Crippen LogP contribution is -2.33. The number of piperidine rings is 1. The van der Waals surface area contributed by atoms with Gasteiger partial charge in [-0.1, -0.05) is 72.4 Å². The summed E-state index contributed by atoms with van der Waals surface area (Å²) < 4.78 is 0. The van der Waals surface area contributed by atoms with Crippen molar-refractivity contribution >= 4 is 24.2 Å². The third kappa shape index (κ3) is 4.95. The van der Waals surface area contributed by atoms with E-state index >= 15 is 0 Å². The van der Waals surface area contributed by atoms with Crippen molar-refractivity contribution in [2.75, 3.05) is 25.9 Å². The number of halogens is 1. The van der Waals surface area contributed by atoms with Gasteiger partial charge in [-0.25, -0.2) is 4.98 Å². The van der Waals surface area contributed by atoms with Gasteiger partial charge in [0.25, 0.3) is 0 Å². The summed E-state index contributed by atoms with van der Waals surface area (Å²) in [5.74, 6) is 1.88. The second-order valence-electron chi connectivity index (χ2n) is 7.08. The maximum atomic E-state index is 4.95. The number of nitrogens with zero attached hydrogens (tertiary/aromatic N) is 2. The number of hydrogen-bond acceptors (Lipinski definition) is 3. The highest BCUT2D eigenvalue weighted by Gasteiger charge is 2.19. The molecule has 1 N–H and O–H groups in total. The van der Waals surface area contributed by atoms with Crippen LogP contribution in [-0.2, 0) is 0 Å². The Labute approximate surface area is 172 Å². The normalized spacial score (nSPS) is 17.4. The van der Waals surface area contributed by atoms with E-state index in [1.165, 1.54) is 31.5 Å². The fourth-order valence-electron chi connectivity index (χ4n) is 3.64. The average Bonchev–Trinajstić information content (AvgIpc) is 3.12. The van der Waals surface area contributed by atoms with Gasteiger partial charge in [-0.05, 0) is 32.4 Å². The van der Waals surface area contributed by atoms with Crippen molar-refractivity contribution in [1.29, 1.82) is 0 Å². The smallest absolute Gasteiger partial charge is 0.166 e.